The molecule has 4 aromatic rings. The summed E-state index contributed by atoms with van der Waals surface area (Å²) in [6.45, 7) is 0. The van der Waals surface area contributed by atoms with Gasteiger partial charge in [0, 0.05) is 10.0 Å². The summed E-state index contributed by atoms with van der Waals surface area (Å²) in [5.41, 5.74) is 1.82. The van der Waals surface area contributed by atoms with E-state index in [1.165, 1.54) is 16.7 Å². The third kappa shape index (κ3) is 3.65. The van der Waals surface area contributed by atoms with Crippen LogP contribution in [0.5, 0.6) is 5.75 Å². The minimum Gasteiger partial charge on any atom is -0.508 e. The van der Waals surface area contributed by atoms with Crippen molar-refractivity contribution in [2.45, 2.75) is 0 Å². The molecule has 138 valence electrons. The van der Waals surface area contributed by atoms with E-state index < -0.39 is 0 Å². The van der Waals surface area contributed by atoms with E-state index in [-0.39, 0.29) is 11.3 Å². The molecule has 6 heteroatoms. The summed E-state index contributed by atoms with van der Waals surface area (Å²) in [7, 11) is 0. The van der Waals surface area contributed by atoms with Gasteiger partial charge in [-0.15, -0.1) is 0 Å². The number of nitrogens with zero attached hydrogens (tertiary/aromatic N) is 2. The summed E-state index contributed by atoms with van der Waals surface area (Å²) in [5, 5.41) is 11.2. The van der Waals surface area contributed by atoms with Gasteiger partial charge in [-0.05, 0) is 66.2 Å². The number of phenols is 1. The summed E-state index contributed by atoms with van der Waals surface area (Å²) < 4.78 is 1.50. The molecule has 0 radical (unpaired) electrons. The van der Waals surface area contributed by atoms with E-state index >= 15 is 0 Å². The predicted octanol–water partition coefficient (Wildman–Crippen LogP) is 5.57. The first kappa shape index (κ1) is 18.3. The Labute approximate surface area is 170 Å². The average Bonchev–Trinajstić information content (AvgIpc) is 2.68. The Bertz CT molecular complexity index is 1240. The van der Waals surface area contributed by atoms with Crippen LogP contribution < -0.4 is 5.56 Å². The molecule has 0 aliphatic rings. The minimum atomic E-state index is -0.219. The van der Waals surface area contributed by atoms with Crippen molar-refractivity contribution in [3.63, 3.8) is 0 Å². The zero-order valence-electron chi connectivity index (χ0n) is 14.5. The summed E-state index contributed by atoms with van der Waals surface area (Å²) in [6.07, 6.45) is 3.61. The quantitative estimate of drug-likeness (QED) is 0.482. The monoisotopic (exact) mass is 408 g/mol. The van der Waals surface area contributed by atoms with E-state index in [1.54, 1.807) is 48.5 Å². The van der Waals surface area contributed by atoms with Gasteiger partial charge in [-0.1, -0.05) is 41.4 Å². The molecule has 0 fully saturated rings. The highest BCUT2D eigenvalue weighted by atomic mass is 35.5. The fourth-order valence-corrected chi connectivity index (χ4v) is 3.18. The predicted molar refractivity (Wildman–Crippen MR) is 114 cm³/mol. The van der Waals surface area contributed by atoms with Crippen molar-refractivity contribution in [1.29, 1.82) is 0 Å². The van der Waals surface area contributed by atoms with E-state index in [4.69, 9.17) is 23.2 Å². The van der Waals surface area contributed by atoms with Crippen molar-refractivity contribution < 1.29 is 5.11 Å². The molecule has 28 heavy (non-hydrogen) atoms. The first-order valence-electron chi connectivity index (χ1n) is 8.47. The lowest BCUT2D eigenvalue weighted by atomic mass is 10.2. The lowest BCUT2D eigenvalue weighted by Crippen LogP contribution is -2.22. The standard InChI is InChI=1S/C22H14Cl2N2O2/c23-15-4-1-14(2-5-15)3-12-21-25-20-13-16(24)6-11-19(20)22(28)26(21)17-7-9-18(27)10-8-17/h1-13,27H/b12-3+. The van der Waals surface area contributed by atoms with Gasteiger partial charge < -0.3 is 5.11 Å². The zero-order chi connectivity index (χ0) is 19.7. The summed E-state index contributed by atoms with van der Waals surface area (Å²) in [5.74, 6) is 0.566. The van der Waals surface area contributed by atoms with Crippen LogP contribution in [0, 0.1) is 0 Å². The molecule has 1 N–H and O–H groups in total. The van der Waals surface area contributed by atoms with Crippen LogP contribution in [0.25, 0.3) is 28.7 Å². The van der Waals surface area contributed by atoms with Crippen molar-refractivity contribution in [1.82, 2.24) is 9.55 Å². The maximum atomic E-state index is 13.2. The molecular formula is C22H14Cl2N2O2. The first-order valence-corrected chi connectivity index (χ1v) is 9.22. The maximum absolute atomic E-state index is 13.2. The summed E-state index contributed by atoms with van der Waals surface area (Å²) in [4.78, 5) is 17.8. The number of fused-ring (bicyclic) bond motifs is 1. The van der Waals surface area contributed by atoms with Gasteiger partial charge in [0.25, 0.3) is 5.56 Å². The largest absolute Gasteiger partial charge is 0.508 e. The molecule has 0 saturated heterocycles. The number of halogens is 2. The topological polar surface area (TPSA) is 55.1 Å². The van der Waals surface area contributed by atoms with E-state index in [2.05, 4.69) is 4.98 Å². The van der Waals surface area contributed by atoms with E-state index in [0.29, 0.717) is 32.5 Å². The SMILES string of the molecule is O=c1c2ccc(Cl)cc2nc(/C=C/c2ccc(Cl)cc2)n1-c1ccc(O)cc1. The fourth-order valence-electron chi connectivity index (χ4n) is 2.88. The van der Waals surface area contributed by atoms with Gasteiger partial charge in [0.05, 0.1) is 16.6 Å². The van der Waals surface area contributed by atoms with Crippen molar-refractivity contribution in [2.75, 3.05) is 0 Å². The van der Waals surface area contributed by atoms with Crippen molar-refractivity contribution in [3.05, 3.63) is 98.5 Å². The molecule has 0 amide bonds. The van der Waals surface area contributed by atoms with E-state index in [0.717, 1.165) is 5.56 Å². The Morgan fingerprint density at radius 3 is 2.25 bits per heavy atom. The molecule has 0 spiro atoms. The number of phenolic OH excluding ortho intramolecular Hbond substituents is 1. The van der Waals surface area contributed by atoms with Gasteiger partial charge in [-0.25, -0.2) is 4.98 Å². The fraction of sp³-hybridized carbons (Fsp3) is 0. The highest BCUT2D eigenvalue weighted by Gasteiger charge is 2.11. The second-order valence-electron chi connectivity index (χ2n) is 6.17. The number of aromatic hydroxyl groups is 1. The van der Waals surface area contributed by atoms with Crippen molar-refractivity contribution in [2.24, 2.45) is 0 Å². The second kappa shape index (κ2) is 7.50. The third-order valence-electron chi connectivity index (χ3n) is 4.26. The maximum Gasteiger partial charge on any atom is 0.266 e. The van der Waals surface area contributed by atoms with Gasteiger partial charge in [0.15, 0.2) is 0 Å². The number of hydrogen-bond acceptors (Lipinski definition) is 3. The van der Waals surface area contributed by atoms with Gasteiger partial charge >= 0.3 is 0 Å². The Balaban J connectivity index is 1.93. The molecule has 1 aromatic heterocycles. The average molecular weight is 409 g/mol. The molecular weight excluding hydrogens is 395 g/mol. The third-order valence-corrected chi connectivity index (χ3v) is 4.75. The van der Waals surface area contributed by atoms with Crippen molar-refractivity contribution in [3.8, 4) is 11.4 Å². The Kier molecular flexibility index (Phi) is 4.90. The molecule has 4 rings (SSSR count). The van der Waals surface area contributed by atoms with Crippen LogP contribution >= 0.6 is 23.2 Å². The molecule has 0 aliphatic heterocycles. The Hall–Kier alpha value is -3.08. The van der Waals surface area contributed by atoms with E-state index in [9.17, 15) is 9.90 Å². The zero-order valence-corrected chi connectivity index (χ0v) is 16.0. The molecule has 4 nitrogen and oxygen atoms in total. The second-order valence-corrected chi connectivity index (χ2v) is 7.05. The minimum absolute atomic E-state index is 0.121. The number of hydrogen-bond donors (Lipinski definition) is 1. The van der Waals surface area contributed by atoms with Crippen LogP contribution in [0.1, 0.15) is 11.4 Å². The summed E-state index contributed by atoms with van der Waals surface area (Å²) in [6, 6.07) is 18.7. The molecule has 0 atom stereocenters. The highest BCUT2D eigenvalue weighted by molar-refractivity contribution is 6.31. The lowest BCUT2D eigenvalue weighted by Gasteiger charge is -2.12. The van der Waals surface area contributed by atoms with Crippen LogP contribution in [0.4, 0.5) is 0 Å². The smallest absolute Gasteiger partial charge is 0.266 e. The number of aromatic nitrogens is 2. The van der Waals surface area contributed by atoms with Crippen LogP contribution in [0.2, 0.25) is 10.0 Å². The highest BCUT2D eigenvalue weighted by Crippen LogP contribution is 2.20. The van der Waals surface area contributed by atoms with E-state index in [1.807, 2.05) is 18.2 Å². The molecule has 0 bridgehead atoms. The van der Waals surface area contributed by atoms with Crippen LogP contribution in [-0.2, 0) is 0 Å². The molecule has 0 unspecified atom stereocenters. The van der Waals surface area contributed by atoms with Gasteiger partial charge in [-0.2, -0.15) is 0 Å². The van der Waals surface area contributed by atoms with Crippen LogP contribution in [0.15, 0.2) is 71.5 Å². The van der Waals surface area contributed by atoms with Gasteiger partial charge in [0.1, 0.15) is 11.6 Å². The molecule has 3 aromatic carbocycles. The molecule has 0 aliphatic carbocycles. The number of rotatable bonds is 3. The van der Waals surface area contributed by atoms with Crippen LogP contribution in [-0.4, -0.2) is 14.7 Å². The lowest BCUT2D eigenvalue weighted by molar-refractivity contribution is 0.475. The van der Waals surface area contributed by atoms with Gasteiger partial charge in [0.2, 0.25) is 0 Å². The molecule has 1 heterocycles. The number of benzene rings is 3. The Morgan fingerprint density at radius 2 is 1.54 bits per heavy atom. The molecule has 0 saturated carbocycles. The summed E-state index contributed by atoms with van der Waals surface area (Å²) >= 11 is 12.0. The van der Waals surface area contributed by atoms with Crippen molar-refractivity contribution >= 4 is 46.3 Å². The Morgan fingerprint density at radius 1 is 0.857 bits per heavy atom. The van der Waals surface area contributed by atoms with Crippen LogP contribution in [0.3, 0.4) is 0 Å². The normalized spacial score (nSPS) is 11.4. The first-order chi connectivity index (χ1) is 13.5. The van der Waals surface area contributed by atoms with Gasteiger partial charge in [-0.3, -0.25) is 9.36 Å².